The first kappa shape index (κ1) is 14.8. The minimum absolute atomic E-state index is 0.0122. The first-order valence-electron chi connectivity index (χ1n) is 7.76. The molecule has 0 unspecified atom stereocenters. The molecule has 1 aliphatic rings. The van der Waals surface area contributed by atoms with Gasteiger partial charge in [0, 0.05) is 19.7 Å². The summed E-state index contributed by atoms with van der Waals surface area (Å²) >= 11 is 0. The molecular weight excluding hydrogens is 282 g/mol. The van der Waals surface area contributed by atoms with E-state index in [1.165, 1.54) is 4.57 Å². The van der Waals surface area contributed by atoms with Gasteiger partial charge in [-0.3, -0.25) is 9.36 Å². The lowest BCUT2D eigenvalue weighted by atomic mass is 10.1. The van der Waals surface area contributed by atoms with E-state index in [0.717, 1.165) is 23.9 Å². The third kappa shape index (κ3) is 2.92. The van der Waals surface area contributed by atoms with E-state index in [1.807, 2.05) is 36.1 Å². The molecule has 1 saturated heterocycles. The number of fused-ring (bicyclic) bond motifs is 1. The third-order valence-corrected chi connectivity index (χ3v) is 4.17. The molecule has 0 radical (unpaired) electrons. The van der Waals surface area contributed by atoms with Crippen LogP contribution in [0.25, 0.3) is 11.0 Å². The Morgan fingerprint density at radius 1 is 1.32 bits per heavy atom. The Morgan fingerprint density at radius 3 is 2.77 bits per heavy atom. The van der Waals surface area contributed by atoms with Gasteiger partial charge in [-0.2, -0.15) is 0 Å². The summed E-state index contributed by atoms with van der Waals surface area (Å²) in [6.07, 6.45) is 1.98. The molecule has 1 amide bonds. The lowest BCUT2D eigenvalue weighted by Crippen LogP contribution is -2.43. The van der Waals surface area contributed by atoms with Crippen molar-refractivity contribution in [3.05, 3.63) is 34.7 Å². The second-order valence-corrected chi connectivity index (χ2v) is 5.57. The summed E-state index contributed by atoms with van der Waals surface area (Å²) in [7, 11) is 0. The average Bonchev–Trinajstić information content (AvgIpc) is 2.84. The van der Waals surface area contributed by atoms with E-state index < -0.39 is 0 Å². The normalized spacial score (nSPS) is 16.3. The van der Waals surface area contributed by atoms with Crippen molar-refractivity contribution in [3.63, 3.8) is 0 Å². The number of carbonyl (C=O) groups is 1. The first-order chi connectivity index (χ1) is 10.7. The summed E-state index contributed by atoms with van der Waals surface area (Å²) in [4.78, 5) is 29.0. The number of nitrogens with one attached hydrogen (secondary N) is 1. The highest BCUT2D eigenvalue weighted by Gasteiger charge is 2.23. The molecule has 1 aromatic carbocycles. The van der Waals surface area contributed by atoms with E-state index in [9.17, 15) is 9.59 Å². The molecular formula is C16H21N3O3. The van der Waals surface area contributed by atoms with Gasteiger partial charge < -0.3 is 14.6 Å². The smallest absolute Gasteiger partial charge is 0.326 e. The number of H-pyrrole nitrogens is 1. The molecule has 0 atom stereocenters. The van der Waals surface area contributed by atoms with Gasteiger partial charge >= 0.3 is 5.69 Å². The van der Waals surface area contributed by atoms with Crippen molar-refractivity contribution in [1.29, 1.82) is 0 Å². The van der Waals surface area contributed by atoms with Crippen LogP contribution in [0.4, 0.5) is 0 Å². The second-order valence-electron chi connectivity index (χ2n) is 5.57. The van der Waals surface area contributed by atoms with Crippen LogP contribution in [0.15, 0.2) is 29.1 Å². The molecule has 0 bridgehead atoms. The van der Waals surface area contributed by atoms with E-state index in [4.69, 9.17) is 4.74 Å². The minimum atomic E-state index is -0.237. The zero-order valence-corrected chi connectivity index (χ0v) is 12.7. The molecule has 6 nitrogen and oxygen atoms in total. The fourth-order valence-corrected chi connectivity index (χ4v) is 3.01. The number of hydrogen-bond donors (Lipinski definition) is 1. The van der Waals surface area contributed by atoms with Gasteiger partial charge in [0.15, 0.2) is 0 Å². The van der Waals surface area contributed by atoms with Crippen molar-refractivity contribution >= 4 is 16.9 Å². The Kier molecular flexibility index (Phi) is 4.29. The lowest BCUT2D eigenvalue weighted by molar-refractivity contribution is -0.134. The molecule has 1 fully saturated rings. The van der Waals surface area contributed by atoms with Crippen molar-refractivity contribution in [2.75, 3.05) is 19.7 Å². The maximum atomic E-state index is 12.4. The topological polar surface area (TPSA) is 67.3 Å². The number of ether oxygens (including phenoxy) is 1. The van der Waals surface area contributed by atoms with Crippen LogP contribution in [0, 0.1) is 0 Å². The minimum Gasteiger partial charge on any atom is -0.378 e. The highest BCUT2D eigenvalue weighted by molar-refractivity contribution is 5.80. The SMILES string of the molecule is CCOC1CCN(C(=O)Cn2c(=O)[nH]c3ccccc32)CC1. The van der Waals surface area contributed by atoms with Crippen molar-refractivity contribution in [2.45, 2.75) is 32.4 Å². The number of para-hydroxylation sites is 2. The van der Waals surface area contributed by atoms with E-state index >= 15 is 0 Å². The molecule has 2 aromatic rings. The van der Waals surface area contributed by atoms with Crippen LogP contribution in [0.3, 0.4) is 0 Å². The fraction of sp³-hybridized carbons (Fsp3) is 0.500. The summed E-state index contributed by atoms with van der Waals surface area (Å²) in [5, 5.41) is 0. The van der Waals surface area contributed by atoms with E-state index in [-0.39, 0.29) is 24.2 Å². The van der Waals surface area contributed by atoms with Crippen LogP contribution in [-0.4, -0.2) is 46.2 Å². The molecule has 6 heteroatoms. The molecule has 1 aromatic heterocycles. The van der Waals surface area contributed by atoms with Crippen LogP contribution in [0.2, 0.25) is 0 Å². The van der Waals surface area contributed by atoms with Crippen LogP contribution in [0.1, 0.15) is 19.8 Å². The van der Waals surface area contributed by atoms with Gasteiger partial charge in [0.25, 0.3) is 0 Å². The maximum Gasteiger partial charge on any atom is 0.326 e. The van der Waals surface area contributed by atoms with Gasteiger partial charge in [0.1, 0.15) is 6.54 Å². The molecule has 3 rings (SSSR count). The van der Waals surface area contributed by atoms with Crippen LogP contribution in [-0.2, 0) is 16.1 Å². The Balaban J connectivity index is 1.69. The summed E-state index contributed by atoms with van der Waals surface area (Å²) in [6, 6.07) is 7.42. The second kappa shape index (κ2) is 6.36. The number of hydrogen-bond acceptors (Lipinski definition) is 3. The number of piperidine rings is 1. The molecule has 1 N–H and O–H groups in total. The number of aromatic amines is 1. The van der Waals surface area contributed by atoms with E-state index in [2.05, 4.69) is 4.98 Å². The summed E-state index contributed by atoms with van der Waals surface area (Å²) in [6.45, 7) is 4.17. The third-order valence-electron chi connectivity index (χ3n) is 4.17. The Morgan fingerprint density at radius 2 is 2.05 bits per heavy atom. The monoisotopic (exact) mass is 303 g/mol. The number of likely N-dealkylation sites (tertiary alicyclic amines) is 1. The van der Waals surface area contributed by atoms with Crippen LogP contribution in [0.5, 0.6) is 0 Å². The predicted octanol–water partition coefficient (Wildman–Crippen LogP) is 1.36. The van der Waals surface area contributed by atoms with Gasteiger partial charge in [0.05, 0.1) is 17.1 Å². The zero-order valence-electron chi connectivity index (χ0n) is 12.7. The van der Waals surface area contributed by atoms with Crippen molar-refractivity contribution in [2.24, 2.45) is 0 Å². The largest absolute Gasteiger partial charge is 0.378 e. The standard InChI is InChI=1S/C16H21N3O3/c1-2-22-12-7-9-18(10-8-12)15(20)11-19-14-6-4-3-5-13(14)17-16(19)21/h3-6,12H,2,7-11H2,1H3,(H,17,21). The van der Waals surface area contributed by atoms with Gasteiger partial charge in [-0.15, -0.1) is 0 Å². The Labute approximate surface area is 128 Å². The molecule has 1 aliphatic heterocycles. The van der Waals surface area contributed by atoms with Gasteiger partial charge in [-0.25, -0.2) is 4.79 Å². The number of nitrogens with zero attached hydrogens (tertiary/aromatic N) is 2. The Bertz CT molecular complexity index is 711. The van der Waals surface area contributed by atoms with Gasteiger partial charge in [-0.1, -0.05) is 12.1 Å². The quantitative estimate of drug-likeness (QED) is 0.927. The number of aromatic nitrogens is 2. The first-order valence-corrected chi connectivity index (χ1v) is 7.76. The molecule has 118 valence electrons. The van der Waals surface area contributed by atoms with E-state index in [0.29, 0.717) is 19.7 Å². The number of imidazole rings is 1. The summed E-state index contributed by atoms with van der Waals surface area (Å²) in [5.74, 6) is -0.0122. The summed E-state index contributed by atoms with van der Waals surface area (Å²) < 4.78 is 7.10. The van der Waals surface area contributed by atoms with Crippen LogP contribution < -0.4 is 5.69 Å². The molecule has 0 saturated carbocycles. The van der Waals surface area contributed by atoms with Crippen molar-refractivity contribution in [1.82, 2.24) is 14.5 Å². The molecule has 22 heavy (non-hydrogen) atoms. The number of benzene rings is 1. The van der Waals surface area contributed by atoms with Gasteiger partial charge in [0.2, 0.25) is 5.91 Å². The van der Waals surface area contributed by atoms with Gasteiger partial charge in [-0.05, 0) is 31.9 Å². The average molecular weight is 303 g/mol. The molecule has 0 aliphatic carbocycles. The number of carbonyl (C=O) groups excluding carboxylic acids is 1. The van der Waals surface area contributed by atoms with Crippen molar-refractivity contribution < 1.29 is 9.53 Å². The molecule has 0 spiro atoms. The maximum absolute atomic E-state index is 12.4. The predicted molar refractivity (Wildman–Crippen MR) is 83.8 cm³/mol. The highest BCUT2D eigenvalue weighted by atomic mass is 16.5. The summed E-state index contributed by atoms with van der Waals surface area (Å²) in [5.41, 5.74) is 1.29. The zero-order chi connectivity index (χ0) is 15.5. The number of amides is 1. The van der Waals surface area contributed by atoms with E-state index in [1.54, 1.807) is 0 Å². The lowest BCUT2D eigenvalue weighted by Gasteiger charge is -2.31. The van der Waals surface area contributed by atoms with Crippen LogP contribution >= 0.6 is 0 Å². The highest BCUT2D eigenvalue weighted by Crippen LogP contribution is 2.15. The number of rotatable bonds is 4. The Hall–Kier alpha value is -2.08. The van der Waals surface area contributed by atoms with Crippen molar-refractivity contribution in [3.8, 4) is 0 Å². The fourth-order valence-electron chi connectivity index (χ4n) is 3.01. The molecule has 2 heterocycles.